The second kappa shape index (κ2) is 10.6. The van der Waals surface area contributed by atoms with E-state index < -0.39 is 34.9 Å². The molecule has 0 aliphatic heterocycles. The summed E-state index contributed by atoms with van der Waals surface area (Å²) in [6, 6.07) is 17.8. The van der Waals surface area contributed by atoms with Crippen molar-refractivity contribution in [3.05, 3.63) is 130 Å². The van der Waals surface area contributed by atoms with E-state index in [4.69, 9.17) is 11.6 Å². The van der Waals surface area contributed by atoms with Crippen LogP contribution in [0.5, 0.6) is 0 Å². The molecular weight excluding hydrogens is 513 g/mol. The predicted molar refractivity (Wildman–Crippen MR) is 130 cm³/mol. The van der Waals surface area contributed by atoms with Crippen LogP contribution in [0.4, 0.5) is 32.4 Å². The van der Waals surface area contributed by atoms with E-state index in [0.29, 0.717) is 11.6 Å². The van der Waals surface area contributed by atoms with Gasteiger partial charge in [0.1, 0.15) is 17.2 Å². The van der Waals surface area contributed by atoms with E-state index in [-0.39, 0.29) is 28.4 Å². The fourth-order valence-electron chi connectivity index (χ4n) is 3.99. The Balaban J connectivity index is 1.87. The number of benzene rings is 3. The van der Waals surface area contributed by atoms with E-state index >= 15 is 0 Å². The minimum Gasteiger partial charge on any atom is -0.322 e. The van der Waals surface area contributed by atoms with Gasteiger partial charge in [-0.25, -0.2) is 13.6 Å². The molecule has 10 heteroatoms. The molecule has 4 nitrogen and oxygen atoms in total. The number of pyridine rings is 1. The van der Waals surface area contributed by atoms with Crippen LogP contribution in [-0.4, -0.2) is 11.0 Å². The lowest BCUT2D eigenvalue weighted by molar-refractivity contribution is -0.137. The van der Waals surface area contributed by atoms with Gasteiger partial charge in [-0.05, 0) is 47.5 Å². The van der Waals surface area contributed by atoms with Crippen LogP contribution in [0.25, 0.3) is 0 Å². The summed E-state index contributed by atoms with van der Waals surface area (Å²) in [4.78, 5) is 17.5. The highest BCUT2D eigenvalue weighted by atomic mass is 35.5. The molecule has 0 radical (unpaired) electrons. The highest BCUT2D eigenvalue weighted by Crippen LogP contribution is 2.37. The number of carbonyl (C=O) groups is 1. The molecule has 1 atom stereocenters. The van der Waals surface area contributed by atoms with E-state index in [1.165, 1.54) is 30.5 Å². The van der Waals surface area contributed by atoms with Crippen molar-refractivity contribution in [2.75, 3.05) is 5.32 Å². The molecule has 3 aromatic carbocycles. The molecule has 0 aliphatic carbocycles. The van der Waals surface area contributed by atoms with Gasteiger partial charge in [0.15, 0.2) is 0 Å². The maximum Gasteiger partial charge on any atom is 0.416 e. The lowest BCUT2D eigenvalue weighted by Gasteiger charge is -2.36. The largest absolute Gasteiger partial charge is 0.416 e. The molecule has 0 aliphatic rings. The van der Waals surface area contributed by atoms with Crippen molar-refractivity contribution in [2.45, 2.75) is 18.1 Å². The average molecular weight is 532 g/mol. The van der Waals surface area contributed by atoms with Crippen LogP contribution in [0.1, 0.15) is 22.4 Å². The van der Waals surface area contributed by atoms with Crippen molar-refractivity contribution in [2.24, 2.45) is 0 Å². The van der Waals surface area contributed by atoms with Gasteiger partial charge in [-0.15, -0.1) is 0 Å². The predicted octanol–water partition coefficient (Wildman–Crippen LogP) is 7.34. The summed E-state index contributed by atoms with van der Waals surface area (Å²) >= 11 is 6.01. The number of urea groups is 1. The van der Waals surface area contributed by atoms with Crippen LogP contribution in [0, 0.1) is 11.6 Å². The molecular formula is C27H19ClF5N3O. The van der Waals surface area contributed by atoms with Crippen LogP contribution in [0.3, 0.4) is 0 Å². The van der Waals surface area contributed by atoms with Crippen molar-refractivity contribution in [3.63, 3.8) is 0 Å². The highest BCUT2D eigenvalue weighted by molar-refractivity contribution is 6.30. The van der Waals surface area contributed by atoms with E-state index in [1.54, 1.807) is 30.3 Å². The molecule has 4 aromatic rings. The monoisotopic (exact) mass is 531 g/mol. The fraction of sp³-hybridized carbons (Fsp3) is 0.111. The van der Waals surface area contributed by atoms with Crippen LogP contribution in [0.15, 0.2) is 91.1 Å². The van der Waals surface area contributed by atoms with Gasteiger partial charge in [0, 0.05) is 24.4 Å². The van der Waals surface area contributed by atoms with Gasteiger partial charge in [0.05, 0.1) is 16.3 Å². The van der Waals surface area contributed by atoms with E-state index in [1.807, 2.05) is 0 Å². The first kappa shape index (κ1) is 26.1. The molecule has 37 heavy (non-hydrogen) atoms. The van der Waals surface area contributed by atoms with Gasteiger partial charge < -0.3 is 10.6 Å². The van der Waals surface area contributed by atoms with E-state index in [2.05, 4.69) is 15.6 Å². The van der Waals surface area contributed by atoms with Crippen molar-refractivity contribution >= 4 is 23.3 Å². The number of hydrogen-bond acceptors (Lipinski definition) is 2. The molecule has 0 fully saturated rings. The summed E-state index contributed by atoms with van der Waals surface area (Å²) in [6.45, 7) is 0. The smallest absolute Gasteiger partial charge is 0.322 e. The Morgan fingerprint density at radius 1 is 0.838 bits per heavy atom. The Bertz CT molecular complexity index is 1380. The number of nitrogens with zero attached hydrogens (tertiary/aromatic N) is 1. The summed E-state index contributed by atoms with van der Waals surface area (Å²) < 4.78 is 68.4. The molecule has 190 valence electrons. The van der Waals surface area contributed by atoms with Crippen molar-refractivity contribution in [1.82, 2.24) is 10.3 Å². The molecule has 0 spiro atoms. The first-order chi connectivity index (χ1) is 17.5. The van der Waals surface area contributed by atoms with Gasteiger partial charge >= 0.3 is 12.2 Å². The van der Waals surface area contributed by atoms with Crippen LogP contribution in [-0.2, 0) is 18.1 Å². The van der Waals surface area contributed by atoms with Crippen molar-refractivity contribution in [1.29, 1.82) is 0 Å². The Morgan fingerprint density at radius 2 is 1.51 bits per heavy atom. The number of aromatic nitrogens is 1. The summed E-state index contributed by atoms with van der Waals surface area (Å²) in [5, 5.41) is 5.36. The number of anilines is 1. The standard InChI is InChI=1S/C27H19ClF5N3O/c28-20-9-10-24(34-16-20)26(15-17-5-2-1-3-6-17,18-7-4-8-19(11-18)27(31,32)33)36-25(37)35-23-13-21(29)12-22(30)14-23/h1-14,16H,15H2,(H2,35,36,37). The van der Waals surface area contributed by atoms with Gasteiger partial charge in [-0.2, -0.15) is 13.2 Å². The Labute approximate surface area is 214 Å². The first-order valence-corrected chi connectivity index (χ1v) is 11.3. The second-order valence-electron chi connectivity index (χ2n) is 8.25. The maximum atomic E-state index is 13.7. The lowest BCUT2D eigenvalue weighted by atomic mass is 9.80. The van der Waals surface area contributed by atoms with Gasteiger partial charge in [-0.3, -0.25) is 4.98 Å². The normalized spacial score (nSPS) is 13.0. The average Bonchev–Trinajstić information content (AvgIpc) is 2.83. The number of carbonyl (C=O) groups excluding carboxylic acids is 1. The Morgan fingerprint density at radius 3 is 2.14 bits per heavy atom. The highest BCUT2D eigenvalue weighted by Gasteiger charge is 2.40. The van der Waals surface area contributed by atoms with Crippen LogP contribution in [0.2, 0.25) is 5.02 Å². The number of nitrogens with one attached hydrogen (secondary N) is 2. The number of amides is 2. The van der Waals surface area contributed by atoms with E-state index in [0.717, 1.165) is 24.3 Å². The molecule has 2 amide bonds. The zero-order chi connectivity index (χ0) is 26.6. The van der Waals surface area contributed by atoms with Crippen molar-refractivity contribution in [3.8, 4) is 0 Å². The number of hydrogen-bond donors (Lipinski definition) is 2. The Hall–Kier alpha value is -3.98. The third-order valence-corrected chi connectivity index (χ3v) is 5.83. The zero-order valence-corrected chi connectivity index (χ0v) is 19.7. The van der Waals surface area contributed by atoms with Gasteiger partial charge in [0.25, 0.3) is 0 Å². The van der Waals surface area contributed by atoms with Crippen LogP contribution >= 0.6 is 11.6 Å². The molecule has 0 bridgehead atoms. The first-order valence-electron chi connectivity index (χ1n) is 10.9. The molecule has 1 aromatic heterocycles. The minimum atomic E-state index is -4.65. The van der Waals surface area contributed by atoms with Gasteiger partial charge in [0.2, 0.25) is 0 Å². The number of alkyl halides is 3. The number of halogens is 6. The summed E-state index contributed by atoms with van der Waals surface area (Å²) in [5.41, 5.74) is -1.79. The molecule has 0 saturated carbocycles. The van der Waals surface area contributed by atoms with Gasteiger partial charge in [-0.1, -0.05) is 54.1 Å². The number of rotatable bonds is 6. The quantitative estimate of drug-likeness (QED) is 0.256. The second-order valence-corrected chi connectivity index (χ2v) is 8.68. The maximum absolute atomic E-state index is 13.7. The summed E-state index contributed by atoms with van der Waals surface area (Å²) in [7, 11) is 0. The lowest BCUT2D eigenvalue weighted by Crippen LogP contribution is -2.50. The van der Waals surface area contributed by atoms with E-state index in [9.17, 15) is 26.7 Å². The molecule has 0 saturated heterocycles. The van der Waals surface area contributed by atoms with Crippen LogP contribution < -0.4 is 10.6 Å². The topological polar surface area (TPSA) is 54.0 Å². The molecule has 4 rings (SSSR count). The zero-order valence-electron chi connectivity index (χ0n) is 19.0. The molecule has 1 unspecified atom stereocenters. The molecule has 1 heterocycles. The SMILES string of the molecule is O=C(Nc1cc(F)cc(F)c1)NC(Cc1ccccc1)(c1cccc(C(F)(F)F)c1)c1ccc(Cl)cn1. The Kier molecular flexibility index (Phi) is 7.45. The third kappa shape index (κ3) is 6.24. The summed E-state index contributed by atoms with van der Waals surface area (Å²) in [6.07, 6.45) is -3.34. The minimum absolute atomic E-state index is 0.00524. The fourth-order valence-corrected chi connectivity index (χ4v) is 4.11. The third-order valence-electron chi connectivity index (χ3n) is 5.61. The van der Waals surface area contributed by atoms with Crippen molar-refractivity contribution < 1.29 is 26.7 Å². The summed E-state index contributed by atoms with van der Waals surface area (Å²) in [5.74, 6) is -1.83. The molecule has 2 N–H and O–H groups in total.